The van der Waals surface area contributed by atoms with Crippen LogP contribution < -0.4 is 5.14 Å². The van der Waals surface area contributed by atoms with E-state index in [0.29, 0.717) is 4.96 Å². The molecule has 1 aromatic carbocycles. The monoisotopic (exact) mass is 350 g/mol. The molecule has 2 N–H and O–H groups in total. The molecule has 0 aliphatic rings. The summed E-state index contributed by atoms with van der Waals surface area (Å²) in [5.41, 5.74) is 1.96. The molecule has 0 aliphatic carbocycles. The number of aromatic nitrogens is 3. The van der Waals surface area contributed by atoms with Gasteiger partial charge in [-0.3, -0.25) is 0 Å². The van der Waals surface area contributed by atoms with E-state index >= 15 is 0 Å². The van der Waals surface area contributed by atoms with Crippen molar-refractivity contribution in [2.45, 2.75) is 11.3 Å². The molecule has 0 saturated carbocycles. The third-order valence-electron chi connectivity index (χ3n) is 3.34. The minimum Gasteiger partial charge on any atom is -0.223 e. The molecule has 0 atom stereocenters. The fraction of sp³-hybridized carbons (Fsp3) is 0.0769. The molecule has 112 valence electrons. The Labute approximate surface area is 133 Å². The summed E-state index contributed by atoms with van der Waals surface area (Å²) in [6.45, 7) is 2.06. The van der Waals surface area contributed by atoms with Gasteiger partial charge in [0.05, 0.1) is 11.1 Å². The van der Waals surface area contributed by atoms with Gasteiger partial charge in [-0.25, -0.2) is 23.1 Å². The van der Waals surface area contributed by atoms with Crippen molar-refractivity contribution in [1.29, 1.82) is 0 Å². The molecule has 4 aromatic rings. The average molecular weight is 350 g/mol. The lowest BCUT2D eigenvalue weighted by Gasteiger charge is -1.93. The first kappa shape index (κ1) is 13.8. The second-order valence-corrected chi connectivity index (χ2v) is 8.56. The molecule has 4 rings (SSSR count). The molecule has 0 amide bonds. The first-order chi connectivity index (χ1) is 10.4. The largest absolute Gasteiger partial charge is 0.267 e. The van der Waals surface area contributed by atoms with Crippen LogP contribution in [0.25, 0.3) is 25.6 Å². The topological polar surface area (TPSA) is 90.4 Å². The van der Waals surface area contributed by atoms with E-state index in [1.165, 1.54) is 14.6 Å². The lowest BCUT2D eigenvalue weighted by molar-refractivity contribution is 0.595. The zero-order valence-corrected chi connectivity index (χ0v) is 13.8. The van der Waals surface area contributed by atoms with Crippen LogP contribution in [-0.2, 0) is 10.0 Å². The van der Waals surface area contributed by atoms with Crippen LogP contribution in [0, 0.1) is 6.92 Å². The number of aryl methyl sites for hydroxylation is 1. The maximum absolute atomic E-state index is 11.3. The van der Waals surface area contributed by atoms with Crippen LogP contribution in [0.5, 0.6) is 0 Å². The molecule has 0 bridgehead atoms. The molecule has 3 heterocycles. The normalized spacial score (nSPS) is 12.5. The number of rotatable bonds is 2. The van der Waals surface area contributed by atoms with Crippen molar-refractivity contribution in [3.63, 3.8) is 0 Å². The summed E-state index contributed by atoms with van der Waals surface area (Å²) in [5, 5.41) is 10.3. The lowest BCUT2D eigenvalue weighted by atomic mass is 10.1. The van der Waals surface area contributed by atoms with E-state index in [9.17, 15) is 8.42 Å². The van der Waals surface area contributed by atoms with Crippen molar-refractivity contribution in [1.82, 2.24) is 14.6 Å². The zero-order chi connectivity index (χ0) is 15.5. The lowest BCUT2D eigenvalue weighted by Crippen LogP contribution is -2.12. The minimum atomic E-state index is -3.79. The van der Waals surface area contributed by atoms with Crippen molar-refractivity contribution >= 4 is 47.7 Å². The molecule has 0 aliphatic heterocycles. The molecule has 3 aromatic heterocycles. The van der Waals surface area contributed by atoms with Gasteiger partial charge in [0.2, 0.25) is 9.30 Å². The summed E-state index contributed by atoms with van der Waals surface area (Å²) >= 11 is 2.63. The number of fused-ring (bicyclic) bond motifs is 2. The standard InChI is InChI=1S/C13H10N4O2S3/c1-7-8-4-2-3-5-10(8)20-11(7)9-6-17-12(15-9)21-13(16-17)22(14,18)19/h2-6H,1H3,(H2,14,18,19). The Kier molecular flexibility index (Phi) is 2.89. The van der Waals surface area contributed by atoms with Gasteiger partial charge in [0, 0.05) is 4.70 Å². The number of nitrogens with two attached hydrogens (primary N) is 1. The smallest absolute Gasteiger partial charge is 0.223 e. The quantitative estimate of drug-likeness (QED) is 0.602. The van der Waals surface area contributed by atoms with E-state index in [-0.39, 0.29) is 4.34 Å². The van der Waals surface area contributed by atoms with Gasteiger partial charge in [0.25, 0.3) is 10.0 Å². The van der Waals surface area contributed by atoms with Crippen LogP contribution in [0.1, 0.15) is 5.56 Å². The Bertz CT molecular complexity index is 1090. The van der Waals surface area contributed by atoms with Gasteiger partial charge in [0.1, 0.15) is 5.69 Å². The van der Waals surface area contributed by atoms with Gasteiger partial charge in [-0.05, 0) is 23.9 Å². The van der Waals surface area contributed by atoms with Gasteiger partial charge in [-0.1, -0.05) is 29.5 Å². The highest BCUT2D eigenvalue weighted by atomic mass is 32.2. The van der Waals surface area contributed by atoms with Crippen molar-refractivity contribution in [3.8, 4) is 10.6 Å². The van der Waals surface area contributed by atoms with Crippen LogP contribution in [-0.4, -0.2) is 23.0 Å². The first-order valence-electron chi connectivity index (χ1n) is 6.31. The van der Waals surface area contributed by atoms with E-state index in [1.54, 1.807) is 17.5 Å². The van der Waals surface area contributed by atoms with Gasteiger partial charge < -0.3 is 0 Å². The molecule has 0 fully saturated rings. The van der Waals surface area contributed by atoms with Crippen LogP contribution in [0.15, 0.2) is 34.8 Å². The highest BCUT2D eigenvalue weighted by Crippen LogP contribution is 2.37. The number of benzene rings is 1. The Morgan fingerprint density at radius 1 is 1.23 bits per heavy atom. The molecule has 0 spiro atoms. The van der Waals surface area contributed by atoms with Crippen molar-refractivity contribution in [2.24, 2.45) is 5.14 Å². The second-order valence-electron chi connectivity index (χ2n) is 4.82. The first-order valence-corrected chi connectivity index (χ1v) is 9.49. The van der Waals surface area contributed by atoms with E-state index < -0.39 is 10.0 Å². The van der Waals surface area contributed by atoms with E-state index in [1.807, 2.05) is 12.1 Å². The van der Waals surface area contributed by atoms with Crippen LogP contribution in [0.4, 0.5) is 0 Å². The number of nitrogens with zero attached hydrogens (tertiary/aromatic N) is 3. The summed E-state index contributed by atoms with van der Waals surface area (Å²) in [7, 11) is -3.79. The molecule has 0 radical (unpaired) electrons. The van der Waals surface area contributed by atoms with E-state index in [4.69, 9.17) is 5.14 Å². The molecule has 22 heavy (non-hydrogen) atoms. The number of thiophene rings is 1. The van der Waals surface area contributed by atoms with Crippen LogP contribution in [0.3, 0.4) is 0 Å². The minimum absolute atomic E-state index is 0.130. The number of imidazole rings is 1. The van der Waals surface area contributed by atoms with Gasteiger partial charge >= 0.3 is 0 Å². The highest BCUT2D eigenvalue weighted by molar-refractivity contribution is 7.91. The second kappa shape index (κ2) is 4.59. The third-order valence-corrected chi connectivity index (χ3v) is 6.87. The van der Waals surface area contributed by atoms with E-state index in [2.05, 4.69) is 29.1 Å². The van der Waals surface area contributed by atoms with Crippen molar-refractivity contribution in [2.75, 3.05) is 0 Å². The van der Waals surface area contributed by atoms with Crippen molar-refractivity contribution < 1.29 is 8.42 Å². The molecule has 9 heteroatoms. The molecular weight excluding hydrogens is 340 g/mol. The number of sulfonamides is 1. The van der Waals surface area contributed by atoms with Crippen LogP contribution >= 0.6 is 22.7 Å². The van der Waals surface area contributed by atoms with Gasteiger partial charge in [-0.2, -0.15) is 0 Å². The van der Waals surface area contributed by atoms with Crippen LogP contribution in [0.2, 0.25) is 0 Å². The third kappa shape index (κ3) is 2.05. The summed E-state index contributed by atoms with van der Waals surface area (Å²) < 4.78 is 25.2. The number of primary sulfonamides is 1. The maximum atomic E-state index is 11.3. The summed E-state index contributed by atoms with van der Waals surface area (Å²) in [4.78, 5) is 6.06. The SMILES string of the molecule is Cc1c(-c2cn3nc(S(N)(=O)=O)sc3n2)sc2ccccc12. The Morgan fingerprint density at radius 3 is 2.68 bits per heavy atom. The molecule has 0 saturated heterocycles. The summed E-state index contributed by atoms with van der Waals surface area (Å²) in [6.07, 6.45) is 1.73. The predicted octanol–water partition coefficient (Wildman–Crippen LogP) is 2.63. The van der Waals surface area contributed by atoms with Crippen molar-refractivity contribution in [3.05, 3.63) is 36.0 Å². The average Bonchev–Trinajstić information content (AvgIpc) is 3.09. The number of hydrogen-bond donors (Lipinski definition) is 1. The number of hydrogen-bond acceptors (Lipinski definition) is 6. The maximum Gasteiger partial charge on any atom is 0.267 e. The summed E-state index contributed by atoms with van der Waals surface area (Å²) in [6, 6.07) is 8.18. The van der Waals surface area contributed by atoms with E-state index in [0.717, 1.165) is 27.5 Å². The zero-order valence-electron chi connectivity index (χ0n) is 11.3. The Hall–Kier alpha value is -1.81. The highest BCUT2D eigenvalue weighted by Gasteiger charge is 2.19. The van der Waals surface area contributed by atoms with Gasteiger partial charge in [0.15, 0.2) is 0 Å². The fourth-order valence-corrected chi connectivity index (χ4v) is 4.99. The predicted molar refractivity (Wildman–Crippen MR) is 87.8 cm³/mol. The molecule has 0 unspecified atom stereocenters. The molecular formula is C13H10N4O2S3. The summed E-state index contributed by atoms with van der Waals surface area (Å²) in [5.74, 6) is 0. The fourth-order valence-electron chi connectivity index (χ4n) is 2.32. The Balaban J connectivity index is 1.90. The van der Waals surface area contributed by atoms with Gasteiger partial charge in [-0.15, -0.1) is 16.4 Å². The molecule has 6 nitrogen and oxygen atoms in total. The Morgan fingerprint density at radius 2 is 2.00 bits per heavy atom.